The molecule has 0 amide bonds. The molecule has 1 fully saturated rings. The minimum Gasteiger partial charge on any atom is -0.385 e. The number of hydrogen-bond acceptors (Lipinski definition) is 3. The zero-order valence-electron chi connectivity index (χ0n) is 15.4. The van der Waals surface area contributed by atoms with E-state index in [-0.39, 0.29) is 0 Å². The van der Waals surface area contributed by atoms with Gasteiger partial charge in [0.05, 0.1) is 0 Å². The Morgan fingerprint density at radius 2 is 2.17 bits per heavy atom. The van der Waals surface area contributed by atoms with E-state index in [1.807, 2.05) is 30.2 Å². The summed E-state index contributed by atoms with van der Waals surface area (Å²) in [6, 6.07) is 1.96. The number of hydrogen-bond donors (Lipinski definition) is 2. The normalized spacial score (nSPS) is 18.5. The predicted molar refractivity (Wildman–Crippen MR) is 98.1 cm³/mol. The molecule has 0 bridgehead atoms. The highest BCUT2D eigenvalue weighted by molar-refractivity contribution is 5.79. The van der Waals surface area contributed by atoms with Gasteiger partial charge in [0.15, 0.2) is 5.96 Å². The summed E-state index contributed by atoms with van der Waals surface area (Å²) in [7, 11) is 3.63. The Labute approximate surface area is 146 Å². The van der Waals surface area contributed by atoms with Crippen molar-refractivity contribution in [3.63, 3.8) is 0 Å². The first kappa shape index (κ1) is 18.8. The molecule has 1 aromatic heterocycles. The zero-order valence-corrected chi connectivity index (χ0v) is 15.4. The van der Waals surface area contributed by atoms with E-state index in [9.17, 15) is 0 Å². The van der Waals surface area contributed by atoms with Crippen LogP contribution in [0.5, 0.6) is 0 Å². The molecule has 24 heavy (non-hydrogen) atoms. The summed E-state index contributed by atoms with van der Waals surface area (Å²) < 4.78 is 7.28. The lowest BCUT2D eigenvalue weighted by molar-refractivity contribution is 0.138. The summed E-state index contributed by atoms with van der Waals surface area (Å²) in [6.45, 7) is 5.83. The number of nitrogens with one attached hydrogen (secondary N) is 2. The third-order valence-electron chi connectivity index (χ3n) is 5.03. The van der Waals surface area contributed by atoms with E-state index in [0.717, 1.165) is 38.6 Å². The van der Waals surface area contributed by atoms with Crippen molar-refractivity contribution in [2.24, 2.45) is 16.3 Å². The molecule has 1 aromatic rings. The first-order valence-corrected chi connectivity index (χ1v) is 9.08. The fraction of sp³-hybridized carbons (Fsp3) is 0.778. The maximum absolute atomic E-state index is 5.31. The summed E-state index contributed by atoms with van der Waals surface area (Å²) in [4.78, 5) is 4.37. The molecule has 1 aliphatic carbocycles. The number of methoxy groups -OCH3 is 1. The molecule has 6 heteroatoms. The number of guanidine groups is 1. The number of aliphatic imine (C=N–C) groups is 1. The highest BCUT2D eigenvalue weighted by Crippen LogP contribution is 2.40. The summed E-state index contributed by atoms with van der Waals surface area (Å²) in [6.07, 6.45) is 10.2. The molecule has 2 N–H and O–H groups in total. The molecule has 1 heterocycles. The average Bonchev–Trinajstić information content (AvgIpc) is 3.25. The molecule has 0 aromatic carbocycles. The first-order chi connectivity index (χ1) is 11.7. The summed E-state index contributed by atoms with van der Waals surface area (Å²) in [5, 5.41) is 11.2. The van der Waals surface area contributed by atoms with Crippen molar-refractivity contribution in [2.45, 2.75) is 45.6 Å². The number of ether oxygens (including phenoxy) is 1. The molecule has 0 saturated heterocycles. The Balaban J connectivity index is 1.75. The van der Waals surface area contributed by atoms with Gasteiger partial charge in [0, 0.05) is 52.8 Å². The van der Waals surface area contributed by atoms with Gasteiger partial charge in [-0.05, 0) is 36.7 Å². The highest BCUT2D eigenvalue weighted by atomic mass is 16.5. The molecule has 6 nitrogen and oxygen atoms in total. The molecular formula is C18H33N5O. The molecule has 0 radical (unpaired) electrons. The van der Waals surface area contributed by atoms with E-state index in [0.29, 0.717) is 11.3 Å². The summed E-state index contributed by atoms with van der Waals surface area (Å²) in [5.74, 6) is 1.38. The molecule has 1 atom stereocenters. The molecular weight excluding hydrogens is 302 g/mol. The van der Waals surface area contributed by atoms with Crippen molar-refractivity contribution in [1.82, 2.24) is 20.4 Å². The lowest BCUT2D eigenvalue weighted by atomic mass is 9.83. The smallest absolute Gasteiger partial charge is 0.191 e. The van der Waals surface area contributed by atoms with Crippen LogP contribution in [0.4, 0.5) is 0 Å². The molecule has 1 unspecified atom stereocenters. The van der Waals surface area contributed by atoms with Crippen LogP contribution in [0.15, 0.2) is 23.5 Å². The molecule has 2 rings (SSSR count). The Morgan fingerprint density at radius 3 is 2.79 bits per heavy atom. The van der Waals surface area contributed by atoms with Gasteiger partial charge in [-0.3, -0.25) is 9.67 Å². The van der Waals surface area contributed by atoms with Crippen molar-refractivity contribution in [1.29, 1.82) is 0 Å². The fourth-order valence-corrected chi connectivity index (χ4v) is 3.51. The average molecular weight is 335 g/mol. The van der Waals surface area contributed by atoms with Crippen LogP contribution in [-0.4, -0.2) is 49.6 Å². The molecule has 0 spiro atoms. The van der Waals surface area contributed by atoms with Gasteiger partial charge >= 0.3 is 0 Å². The second-order valence-electron chi connectivity index (χ2n) is 7.09. The van der Waals surface area contributed by atoms with Crippen LogP contribution in [0.3, 0.4) is 0 Å². The third-order valence-corrected chi connectivity index (χ3v) is 5.03. The Bertz CT molecular complexity index is 480. The van der Waals surface area contributed by atoms with E-state index in [2.05, 4.69) is 27.6 Å². The van der Waals surface area contributed by atoms with Crippen LogP contribution in [0.1, 0.15) is 39.0 Å². The summed E-state index contributed by atoms with van der Waals surface area (Å²) >= 11 is 0. The number of aromatic nitrogens is 2. The quantitative estimate of drug-likeness (QED) is 0.537. The van der Waals surface area contributed by atoms with Crippen LogP contribution in [-0.2, 0) is 11.3 Å². The van der Waals surface area contributed by atoms with Gasteiger partial charge in [-0.2, -0.15) is 5.10 Å². The summed E-state index contributed by atoms with van der Waals surface area (Å²) in [5.41, 5.74) is 0.369. The lowest BCUT2D eigenvalue weighted by Crippen LogP contribution is -2.44. The third kappa shape index (κ3) is 5.82. The Kier molecular flexibility index (Phi) is 7.56. The molecule has 1 aliphatic rings. The Morgan fingerprint density at radius 1 is 1.38 bits per heavy atom. The van der Waals surface area contributed by atoms with Crippen molar-refractivity contribution in [2.75, 3.05) is 33.9 Å². The topological polar surface area (TPSA) is 63.5 Å². The maximum atomic E-state index is 5.31. The maximum Gasteiger partial charge on any atom is 0.191 e. The highest BCUT2D eigenvalue weighted by Gasteiger charge is 2.33. The standard InChI is InChI=1S/C18H33N5O/c1-16(14-23-11-6-10-22-23)13-20-17(19-2)21-15-18(9-12-24-3)7-4-5-8-18/h6,10-11,16H,4-5,7-9,12-15H2,1-3H3,(H2,19,20,21). The second kappa shape index (κ2) is 9.67. The van der Waals surface area contributed by atoms with Crippen molar-refractivity contribution >= 4 is 5.96 Å². The van der Waals surface area contributed by atoms with Crippen molar-refractivity contribution in [3.8, 4) is 0 Å². The predicted octanol–water partition coefficient (Wildman–Crippen LogP) is 2.28. The van der Waals surface area contributed by atoms with Gasteiger partial charge < -0.3 is 15.4 Å². The van der Waals surface area contributed by atoms with Crippen LogP contribution < -0.4 is 10.6 Å². The van der Waals surface area contributed by atoms with E-state index in [4.69, 9.17) is 4.74 Å². The van der Waals surface area contributed by atoms with Gasteiger partial charge in [-0.25, -0.2) is 0 Å². The van der Waals surface area contributed by atoms with E-state index in [1.54, 1.807) is 7.11 Å². The second-order valence-corrected chi connectivity index (χ2v) is 7.09. The van der Waals surface area contributed by atoms with Gasteiger partial charge in [0.2, 0.25) is 0 Å². The lowest BCUT2D eigenvalue weighted by Gasteiger charge is -2.30. The minimum absolute atomic E-state index is 0.369. The largest absolute Gasteiger partial charge is 0.385 e. The van der Waals surface area contributed by atoms with Crippen molar-refractivity contribution in [3.05, 3.63) is 18.5 Å². The van der Waals surface area contributed by atoms with Crippen molar-refractivity contribution < 1.29 is 4.74 Å². The Hall–Kier alpha value is -1.56. The fourth-order valence-electron chi connectivity index (χ4n) is 3.51. The van der Waals surface area contributed by atoms with Gasteiger partial charge in [-0.1, -0.05) is 19.8 Å². The van der Waals surface area contributed by atoms with Crippen LogP contribution in [0.2, 0.25) is 0 Å². The number of nitrogens with zero attached hydrogens (tertiary/aromatic N) is 3. The number of rotatable bonds is 9. The SMILES string of the molecule is CN=C(NCC(C)Cn1cccn1)NCC1(CCOC)CCCC1. The molecule has 136 valence electrons. The molecule has 0 aliphatic heterocycles. The van der Waals surface area contributed by atoms with Gasteiger partial charge in [0.25, 0.3) is 0 Å². The van der Waals surface area contributed by atoms with E-state index >= 15 is 0 Å². The monoisotopic (exact) mass is 335 g/mol. The van der Waals surface area contributed by atoms with E-state index in [1.165, 1.54) is 25.7 Å². The first-order valence-electron chi connectivity index (χ1n) is 9.08. The minimum atomic E-state index is 0.369. The van der Waals surface area contributed by atoms with E-state index < -0.39 is 0 Å². The van der Waals surface area contributed by atoms with Gasteiger partial charge in [0.1, 0.15) is 0 Å². The van der Waals surface area contributed by atoms with Crippen LogP contribution >= 0.6 is 0 Å². The van der Waals surface area contributed by atoms with Gasteiger partial charge in [-0.15, -0.1) is 0 Å². The van der Waals surface area contributed by atoms with Crippen LogP contribution in [0.25, 0.3) is 0 Å². The zero-order chi connectivity index (χ0) is 17.3. The molecule has 1 saturated carbocycles. The van der Waals surface area contributed by atoms with Crippen LogP contribution in [0, 0.1) is 11.3 Å².